The molecule has 0 aromatic carbocycles. The Morgan fingerprint density at radius 3 is 2.12 bits per heavy atom. The molecule has 0 bridgehead atoms. The fraction of sp³-hybridized carbons (Fsp3) is 1.00. The number of rotatable bonds is 5. The molecule has 0 aromatic heterocycles. The third-order valence-corrected chi connectivity index (χ3v) is 5.10. The zero-order valence-corrected chi connectivity index (χ0v) is 11.7. The van der Waals surface area contributed by atoms with Crippen LogP contribution in [0, 0.1) is 11.8 Å². The van der Waals surface area contributed by atoms with Crippen LogP contribution in [0.4, 0.5) is 0 Å². The van der Waals surface area contributed by atoms with Crippen molar-refractivity contribution in [2.75, 3.05) is 6.54 Å². The van der Waals surface area contributed by atoms with Crippen molar-refractivity contribution in [2.45, 2.75) is 83.6 Å². The van der Waals surface area contributed by atoms with E-state index in [-0.39, 0.29) is 0 Å². The SMILES string of the molecule is C[C@@H](NCCC1CCCCC1)C1CCCCC1. The minimum Gasteiger partial charge on any atom is -0.314 e. The Morgan fingerprint density at radius 1 is 0.882 bits per heavy atom. The summed E-state index contributed by atoms with van der Waals surface area (Å²) >= 11 is 0. The van der Waals surface area contributed by atoms with Gasteiger partial charge in [-0.15, -0.1) is 0 Å². The lowest BCUT2D eigenvalue weighted by Crippen LogP contribution is -2.35. The van der Waals surface area contributed by atoms with E-state index in [0.29, 0.717) is 0 Å². The molecule has 0 heterocycles. The molecule has 0 aromatic rings. The maximum atomic E-state index is 3.80. The molecule has 2 rings (SSSR count). The van der Waals surface area contributed by atoms with Crippen molar-refractivity contribution >= 4 is 0 Å². The van der Waals surface area contributed by atoms with Gasteiger partial charge in [0, 0.05) is 6.04 Å². The zero-order valence-electron chi connectivity index (χ0n) is 11.7. The number of nitrogens with one attached hydrogen (secondary N) is 1. The number of hydrogen-bond donors (Lipinski definition) is 1. The van der Waals surface area contributed by atoms with Crippen LogP contribution in [0.2, 0.25) is 0 Å². The molecular formula is C16H31N. The van der Waals surface area contributed by atoms with Gasteiger partial charge in [-0.3, -0.25) is 0 Å². The second-order valence-electron chi connectivity index (χ2n) is 6.43. The van der Waals surface area contributed by atoms with E-state index < -0.39 is 0 Å². The predicted molar refractivity (Wildman–Crippen MR) is 75.2 cm³/mol. The van der Waals surface area contributed by atoms with E-state index in [2.05, 4.69) is 12.2 Å². The lowest BCUT2D eigenvalue weighted by Gasteiger charge is -2.29. The van der Waals surface area contributed by atoms with E-state index >= 15 is 0 Å². The zero-order chi connectivity index (χ0) is 11.9. The molecule has 2 fully saturated rings. The first-order chi connectivity index (χ1) is 8.36. The predicted octanol–water partition coefficient (Wildman–Crippen LogP) is 4.52. The van der Waals surface area contributed by atoms with Gasteiger partial charge >= 0.3 is 0 Å². The first kappa shape index (κ1) is 13.4. The van der Waals surface area contributed by atoms with Gasteiger partial charge in [0.1, 0.15) is 0 Å². The van der Waals surface area contributed by atoms with Crippen LogP contribution in [0.25, 0.3) is 0 Å². The summed E-state index contributed by atoms with van der Waals surface area (Å²) < 4.78 is 0. The smallest absolute Gasteiger partial charge is 0.00669 e. The molecule has 17 heavy (non-hydrogen) atoms. The van der Waals surface area contributed by atoms with E-state index in [0.717, 1.165) is 17.9 Å². The summed E-state index contributed by atoms with van der Waals surface area (Å²) in [7, 11) is 0. The van der Waals surface area contributed by atoms with E-state index in [1.54, 1.807) is 0 Å². The quantitative estimate of drug-likeness (QED) is 0.741. The first-order valence-corrected chi connectivity index (χ1v) is 8.09. The van der Waals surface area contributed by atoms with Crippen molar-refractivity contribution in [3.05, 3.63) is 0 Å². The van der Waals surface area contributed by atoms with Gasteiger partial charge in [0.05, 0.1) is 0 Å². The topological polar surface area (TPSA) is 12.0 Å². The third kappa shape index (κ3) is 4.62. The summed E-state index contributed by atoms with van der Waals surface area (Å²) in [6, 6.07) is 0.763. The highest BCUT2D eigenvalue weighted by Crippen LogP contribution is 2.27. The van der Waals surface area contributed by atoms with Crippen LogP contribution in [0.15, 0.2) is 0 Å². The van der Waals surface area contributed by atoms with Crippen molar-refractivity contribution in [3.8, 4) is 0 Å². The lowest BCUT2D eigenvalue weighted by molar-refractivity contribution is 0.268. The van der Waals surface area contributed by atoms with Crippen molar-refractivity contribution in [3.63, 3.8) is 0 Å². The summed E-state index contributed by atoms with van der Waals surface area (Å²) in [6.45, 7) is 3.68. The lowest BCUT2D eigenvalue weighted by atomic mass is 9.84. The van der Waals surface area contributed by atoms with E-state index in [1.807, 2.05) is 0 Å². The fourth-order valence-electron chi connectivity index (χ4n) is 3.79. The second kappa shape index (κ2) is 7.41. The first-order valence-electron chi connectivity index (χ1n) is 8.09. The second-order valence-corrected chi connectivity index (χ2v) is 6.43. The van der Waals surface area contributed by atoms with Crippen LogP contribution in [0.1, 0.15) is 77.6 Å². The summed E-state index contributed by atoms with van der Waals surface area (Å²) in [5.74, 6) is 2.00. The van der Waals surface area contributed by atoms with E-state index in [9.17, 15) is 0 Å². The minimum atomic E-state index is 0.763. The van der Waals surface area contributed by atoms with Crippen molar-refractivity contribution in [1.82, 2.24) is 5.32 Å². The Kier molecular flexibility index (Phi) is 5.84. The highest BCUT2D eigenvalue weighted by molar-refractivity contribution is 4.76. The Labute approximate surface area is 108 Å². The van der Waals surface area contributed by atoms with E-state index in [1.165, 1.54) is 77.2 Å². The van der Waals surface area contributed by atoms with Gasteiger partial charge < -0.3 is 5.32 Å². The summed E-state index contributed by atoms with van der Waals surface area (Å²) in [5, 5.41) is 3.80. The van der Waals surface area contributed by atoms with Gasteiger partial charge in [0.2, 0.25) is 0 Å². The molecule has 100 valence electrons. The Bertz CT molecular complexity index is 190. The maximum Gasteiger partial charge on any atom is 0.00669 e. The molecule has 0 unspecified atom stereocenters. The Hall–Kier alpha value is -0.0400. The van der Waals surface area contributed by atoms with Crippen molar-refractivity contribution in [1.29, 1.82) is 0 Å². The standard InChI is InChI=1S/C16H31N/c1-14(16-10-6-3-7-11-16)17-13-12-15-8-4-2-5-9-15/h14-17H,2-13H2,1H3/t14-/m1/s1. The minimum absolute atomic E-state index is 0.763. The van der Waals surface area contributed by atoms with Crippen molar-refractivity contribution in [2.24, 2.45) is 11.8 Å². The monoisotopic (exact) mass is 237 g/mol. The van der Waals surface area contributed by atoms with Crippen LogP contribution in [-0.2, 0) is 0 Å². The molecule has 0 saturated heterocycles. The average molecular weight is 237 g/mol. The molecule has 2 aliphatic rings. The Balaban J connectivity index is 1.57. The van der Waals surface area contributed by atoms with Crippen molar-refractivity contribution < 1.29 is 0 Å². The van der Waals surface area contributed by atoms with Crippen LogP contribution in [-0.4, -0.2) is 12.6 Å². The summed E-state index contributed by atoms with van der Waals surface area (Å²) in [5.41, 5.74) is 0. The third-order valence-electron chi connectivity index (χ3n) is 5.10. The summed E-state index contributed by atoms with van der Waals surface area (Å²) in [4.78, 5) is 0. The molecule has 0 aliphatic heterocycles. The fourth-order valence-corrected chi connectivity index (χ4v) is 3.79. The molecule has 0 amide bonds. The van der Waals surface area contributed by atoms with Crippen LogP contribution < -0.4 is 5.32 Å². The molecule has 1 heteroatoms. The van der Waals surface area contributed by atoms with Crippen LogP contribution >= 0.6 is 0 Å². The molecule has 2 aliphatic carbocycles. The molecule has 1 N–H and O–H groups in total. The number of hydrogen-bond acceptors (Lipinski definition) is 1. The molecule has 0 spiro atoms. The van der Waals surface area contributed by atoms with E-state index in [4.69, 9.17) is 0 Å². The van der Waals surface area contributed by atoms with Gasteiger partial charge in [0.15, 0.2) is 0 Å². The van der Waals surface area contributed by atoms with Gasteiger partial charge in [-0.05, 0) is 44.6 Å². The molecule has 1 atom stereocenters. The normalized spacial score (nSPS) is 25.9. The average Bonchev–Trinajstić information content (AvgIpc) is 2.41. The van der Waals surface area contributed by atoms with Crippen LogP contribution in [0.5, 0.6) is 0 Å². The molecule has 1 nitrogen and oxygen atoms in total. The Morgan fingerprint density at radius 2 is 1.47 bits per heavy atom. The van der Waals surface area contributed by atoms with Gasteiger partial charge in [-0.1, -0.05) is 51.4 Å². The summed E-state index contributed by atoms with van der Waals surface area (Å²) in [6.07, 6.45) is 16.3. The van der Waals surface area contributed by atoms with Gasteiger partial charge in [-0.2, -0.15) is 0 Å². The molecule has 0 radical (unpaired) electrons. The maximum absolute atomic E-state index is 3.80. The largest absolute Gasteiger partial charge is 0.314 e. The highest BCUT2D eigenvalue weighted by atomic mass is 14.9. The molecular weight excluding hydrogens is 206 g/mol. The highest BCUT2D eigenvalue weighted by Gasteiger charge is 2.20. The molecule has 2 saturated carbocycles. The van der Waals surface area contributed by atoms with Crippen LogP contribution in [0.3, 0.4) is 0 Å². The van der Waals surface area contributed by atoms with Gasteiger partial charge in [-0.25, -0.2) is 0 Å². The van der Waals surface area contributed by atoms with Gasteiger partial charge in [0.25, 0.3) is 0 Å².